The Labute approximate surface area is 116 Å². The Balaban J connectivity index is 2.96. The lowest BCUT2D eigenvalue weighted by Gasteiger charge is -2.12. The molecule has 8 nitrogen and oxygen atoms in total. The molecule has 0 saturated carbocycles. The fraction of sp³-hybridized carbons (Fsp3) is 0.417. The maximum atomic E-state index is 11.1. The maximum absolute atomic E-state index is 11.1. The number of nitro groups is 1. The SMILES string of the molecule is CNC(=O)CCOc1cc([N+](=O)[O-])c(CN)cc1OC. The number of rotatable bonds is 7. The molecule has 0 atom stereocenters. The first-order valence-electron chi connectivity index (χ1n) is 5.92. The van der Waals surface area contributed by atoms with Gasteiger partial charge < -0.3 is 20.5 Å². The van der Waals surface area contributed by atoms with E-state index in [4.69, 9.17) is 15.2 Å². The van der Waals surface area contributed by atoms with E-state index >= 15 is 0 Å². The summed E-state index contributed by atoms with van der Waals surface area (Å²) in [5.41, 5.74) is 5.68. The zero-order valence-electron chi connectivity index (χ0n) is 11.3. The zero-order valence-corrected chi connectivity index (χ0v) is 11.3. The van der Waals surface area contributed by atoms with Crippen LogP contribution in [0.5, 0.6) is 11.5 Å². The third-order valence-corrected chi connectivity index (χ3v) is 2.65. The number of nitrogens with one attached hydrogen (secondary N) is 1. The first-order chi connectivity index (χ1) is 9.53. The van der Waals surface area contributed by atoms with Crippen molar-refractivity contribution >= 4 is 11.6 Å². The summed E-state index contributed by atoms with van der Waals surface area (Å²) in [6.07, 6.45) is 0.145. The predicted molar refractivity (Wildman–Crippen MR) is 71.7 cm³/mol. The van der Waals surface area contributed by atoms with Crippen LogP contribution in [0.3, 0.4) is 0 Å². The van der Waals surface area contributed by atoms with Crippen molar-refractivity contribution in [1.82, 2.24) is 5.32 Å². The van der Waals surface area contributed by atoms with E-state index in [1.165, 1.54) is 26.3 Å². The Morgan fingerprint density at radius 3 is 2.65 bits per heavy atom. The van der Waals surface area contributed by atoms with Crippen molar-refractivity contribution in [1.29, 1.82) is 0 Å². The van der Waals surface area contributed by atoms with Crippen molar-refractivity contribution in [2.24, 2.45) is 5.73 Å². The van der Waals surface area contributed by atoms with Crippen LogP contribution >= 0.6 is 0 Å². The summed E-state index contributed by atoms with van der Waals surface area (Å²) in [6, 6.07) is 2.72. The molecular formula is C12H17N3O5. The molecule has 0 bridgehead atoms. The van der Waals surface area contributed by atoms with Gasteiger partial charge in [0.25, 0.3) is 5.69 Å². The first kappa shape index (κ1) is 15.7. The summed E-state index contributed by atoms with van der Waals surface area (Å²) >= 11 is 0. The van der Waals surface area contributed by atoms with Crippen molar-refractivity contribution in [3.05, 3.63) is 27.8 Å². The molecule has 0 aliphatic heterocycles. The van der Waals surface area contributed by atoms with E-state index in [1.54, 1.807) is 0 Å². The van der Waals surface area contributed by atoms with Gasteiger partial charge in [-0.1, -0.05) is 0 Å². The molecule has 0 heterocycles. The van der Waals surface area contributed by atoms with Gasteiger partial charge >= 0.3 is 0 Å². The third kappa shape index (κ3) is 3.82. The summed E-state index contributed by atoms with van der Waals surface area (Å²) in [7, 11) is 2.94. The normalized spacial score (nSPS) is 9.95. The minimum Gasteiger partial charge on any atom is -0.493 e. The number of carbonyl (C=O) groups excluding carboxylic acids is 1. The molecule has 0 spiro atoms. The summed E-state index contributed by atoms with van der Waals surface area (Å²) in [6.45, 7) is 0.111. The second-order valence-electron chi connectivity index (χ2n) is 3.86. The molecule has 1 aromatic carbocycles. The van der Waals surface area contributed by atoms with Crippen LogP contribution in [0.4, 0.5) is 5.69 Å². The van der Waals surface area contributed by atoms with Gasteiger partial charge in [0.2, 0.25) is 5.91 Å². The second-order valence-corrected chi connectivity index (χ2v) is 3.86. The van der Waals surface area contributed by atoms with Gasteiger partial charge in [0.05, 0.1) is 31.1 Å². The van der Waals surface area contributed by atoms with Crippen LogP contribution in [-0.2, 0) is 11.3 Å². The Hall–Kier alpha value is -2.35. The number of amides is 1. The smallest absolute Gasteiger partial charge is 0.277 e. The van der Waals surface area contributed by atoms with E-state index in [2.05, 4.69) is 5.32 Å². The minimum atomic E-state index is -0.534. The van der Waals surface area contributed by atoms with Gasteiger partial charge in [-0.25, -0.2) is 0 Å². The van der Waals surface area contributed by atoms with Crippen molar-refractivity contribution in [3.63, 3.8) is 0 Å². The van der Waals surface area contributed by atoms with Crippen molar-refractivity contribution in [2.75, 3.05) is 20.8 Å². The van der Waals surface area contributed by atoms with Gasteiger partial charge in [-0.2, -0.15) is 0 Å². The molecule has 0 unspecified atom stereocenters. The number of nitrogens with zero attached hydrogens (tertiary/aromatic N) is 1. The molecule has 8 heteroatoms. The molecule has 0 aliphatic rings. The molecule has 0 aliphatic carbocycles. The molecule has 0 radical (unpaired) electrons. The molecule has 3 N–H and O–H groups in total. The van der Waals surface area contributed by atoms with Gasteiger partial charge in [0.1, 0.15) is 0 Å². The van der Waals surface area contributed by atoms with Crippen molar-refractivity contribution in [3.8, 4) is 11.5 Å². The molecule has 20 heavy (non-hydrogen) atoms. The average Bonchev–Trinajstić information content (AvgIpc) is 2.46. The molecule has 0 aromatic heterocycles. The van der Waals surface area contributed by atoms with Crippen LogP contribution < -0.4 is 20.5 Å². The number of hydrogen-bond acceptors (Lipinski definition) is 6. The Morgan fingerprint density at radius 2 is 2.15 bits per heavy atom. The number of carbonyl (C=O) groups is 1. The summed E-state index contributed by atoms with van der Waals surface area (Å²) in [4.78, 5) is 21.5. The van der Waals surface area contributed by atoms with Crippen molar-refractivity contribution in [2.45, 2.75) is 13.0 Å². The lowest BCUT2D eigenvalue weighted by molar-refractivity contribution is -0.385. The molecule has 110 valence electrons. The van der Waals surface area contributed by atoms with Crippen LogP contribution in [0.1, 0.15) is 12.0 Å². The first-order valence-corrected chi connectivity index (χ1v) is 5.92. The molecule has 0 fully saturated rings. The zero-order chi connectivity index (χ0) is 15.1. The highest BCUT2D eigenvalue weighted by Crippen LogP contribution is 2.34. The molecule has 1 amide bonds. The van der Waals surface area contributed by atoms with Gasteiger partial charge in [-0.3, -0.25) is 14.9 Å². The number of ether oxygens (including phenoxy) is 2. The highest BCUT2D eigenvalue weighted by Gasteiger charge is 2.18. The number of methoxy groups -OCH3 is 1. The molecule has 0 saturated heterocycles. The van der Waals surface area contributed by atoms with Crippen molar-refractivity contribution < 1.29 is 19.2 Å². The maximum Gasteiger partial charge on any atom is 0.277 e. The number of hydrogen-bond donors (Lipinski definition) is 2. The fourth-order valence-corrected chi connectivity index (χ4v) is 1.58. The van der Waals surface area contributed by atoms with E-state index in [0.29, 0.717) is 11.3 Å². The number of nitrogens with two attached hydrogens (primary N) is 1. The number of benzene rings is 1. The standard InChI is InChI=1S/C12H17N3O5/c1-14-12(16)3-4-20-11-6-9(15(17)18)8(7-13)5-10(11)19-2/h5-6H,3-4,7,13H2,1-2H3,(H,14,16). The summed E-state index contributed by atoms with van der Waals surface area (Å²) in [5, 5.41) is 13.4. The van der Waals surface area contributed by atoms with E-state index in [9.17, 15) is 14.9 Å². The van der Waals surface area contributed by atoms with Gasteiger partial charge in [0.15, 0.2) is 11.5 Å². The minimum absolute atomic E-state index is 0.0190. The van der Waals surface area contributed by atoms with Crippen LogP contribution in [0, 0.1) is 10.1 Å². The lowest BCUT2D eigenvalue weighted by atomic mass is 10.1. The van der Waals surface area contributed by atoms with Crippen LogP contribution in [0.25, 0.3) is 0 Å². The van der Waals surface area contributed by atoms with Gasteiger partial charge in [-0.15, -0.1) is 0 Å². The van der Waals surface area contributed by atoms with Gasteiger partial charge in [0, 0.05) is 19.2 Å². The van der Waals surface area contributed by atoms with E-state index < -0.39 is 4.92 Å². The highest BCUT2D eigenvalue weighted by molar-refractivity contribution is 5.75. The lowest BCUT2D eigenvalue weighted by Crippen LogP contribution is -2.20. The Morgan fingerprint density at radius 1 is 1.45 bits per heavy atom. The topological polar surface area (TPSA) is 117 Å². The van der Waals surface area contributed by atoms with E-state index in [0.717, 1.165) is 0 Å². The third-order valence-electron chi connectivity index (χ3n) is 2.65. The Kier molecular flexibility index (Phi) is 5.73. The second kappa shape index (κ2) is 7.29. The monoisotopic (exact) mass is 283 g/mol. The summed E-state index contributed by atoms with van der Waals surface area (Å²) in [5.74, 6) is 0.366. The van der Waals surface area contributed by atoms with Crippen LogP contribution in [-0.4, -0.2) is 31.6 Å². The average molecular weight is 283 g/mol. The highest BCUT2D eigenvalue weighted by atomic mass is 16.6. The predicted octanol–water partition coefficient (Wildman–Crippen LogP) is 0.577. The summed E-state index contributed by atoms with van der Waals surface area (Å²) < 4.78 is 10.5. The van der Waals surface area contributed by atoms with E-state index in [1.807, 2.05) is 0 Å². The van der Waals surface area contributed by atoms with Crippen LogP contribution in [0.15, 0.2) is 12.1 Å². The van der Waals surface area contributed by atoms with Gasteiger partial charge in [-0.05, 0) is 6.07 Å². The molecule has 1 rings (SSSR count). The fourth-order valence-electron chi connectivity index (χ4n) is 1.58. The largest absolute Gasteiger partial charge is 0.493 e. The quantitative estimate of drug-likeness (QED) is 0.558. The Bertz CT molecular complexity index is 504. The number of nitro benzene ring substituents is 1. The van der Waals surface area contributed by atoms with Crippen LogP contribution in [0.2, 0.25) is 0 Å². The molecule has 1 aromatic rings. The van der Waals surface area contributed by atoms with E-state index in [-0.39, 0.29) is 36.9 Å². The molecular weight excluding hydrogens is 266 g/mol.